The van der Waals surface area contributed by atoms with Crippen molar-refractivity contribution in [3.8, 4) is 0 Å². The summed E-state index contributed by atoms with van der Waals surface area (Å²) in [5.41, 5.74) is 4.17. The van der Waals surface area contributed by atoms with E-state index in [1.165, 1.54) is 6.33 Å². The van der Waals surface area contributed by atoms with Crippen LogP contribution in [0.15, 0.2) is 55.0 Å². The lowest BCUT2D eigenvalue weighted by Crippen LogP contribution is -2.40. The lowest BCUT2D eigenvalue weighted by atomic mass is 10.1. The molecule has 150 valence electrons. The molecule has 0 unspecified atom stereocenters. The highest BCUT2D eigenvalue weighted by molar-refractivity contribution is 6.10. The molecule has 1 aliphatic heterocycles. The number of hydrogen-bond donors (Lipinski definition) is 1. The van der Waals surface area contributed by atoms with E-state index in [9.17, 15) is 4.79 Å². The topological polar surface area (TPSA) is 80.2 Å². The maximum atomic E-state index is 12.9. The van der Waals surface area contributed by atoms with Crippen LogP contribution in [0.5, 0.6) is 0 Å². The van der Waals surface area contributed by atoms with Gasteiger partial charge < -0.3 is 15.0 Å². The fraction of sp³-hybridized carbons (Fsp3) is 0.217. The molecule has 1 fully saturated rings. The molecule has 5 rings (SSSR count). The maximum Gasteiger partial charge on any atom is 0.254 e. The molecule has 30 heavy (non-hydrogen) atoms. The Morgan fingerprint density at radius 2 is 1.97 bits per heavy atom. The van der Waals surface area contributed by atoms with Gasteiger partial charge >= 0.3 is 0 Å². The van der Waals surface area contributed by atoms with Crippen molar-refractivity contribution in [2.45, 2.75) is 6.92 Å². The molecule has 2 aromatic heterocycles. The van der Waals surface area contributed by atoms with Crippen LogP contribution in [0.3, 0.4) is 0 Å². The number of ether oxygens (including phenoxy) is 1. The summed E-state index contributed by atoms with van der Waals surface area (Å²) in [7, 11) is 0. The highest BCUT2D eigenvalue weighted by atomic mass is 16.5. The van der Waals surface area contributed by atoms with Crippen LogP contribution in [0.25, 0.3) is 21.8 Å². The second-order valence-corrected chi connectivity index (χ2v) is 7.38. The SMILES string of the molecule is Cc1cccc(Nc2nc3cc(C(=O)N4CCOCC4)ccc3c3cncnc23)c1. The minimum Gasteiger partial charge on any atom is -0.378 e. The zero-order valence-electron chi connectivity index (χ0n) is 16.6. The average Bonchev–Trinajstić information content (AvgIpc) is 2.79. The minimum atomic E-state index is -0.000369. The van der Waals surface area contributed by atoms with Crippen molar-refractivity contribution < 1.29 is 9.53 Å². The Kier molecular flexibility index (Phi) is 4.72. The fourth-order valence-electron chi connectivity index (χ4n) is 3.77. The molecule has 0 radical (unpaired) electrons. The van der Waals surface area contributed by atoms with E-state index in [1.807, 2.05) is 48.2 Å². The van der Waals surface area contributed by atoms with Crippen LogP contribution in [-0.2, 0) is 4.74 Å². The number of nitrogens with one attached hydrogen (secondary N) is 1. The van der Waals surface area contributed by atoms with Crippen LogP contribution < -0.4 is 5.32 Å². The monoisotopic (exact) mass is 399 g/mol. The second-order valence-electron chi connectivity index (χ2n) is 7.38. The normalized spacial score (nSPS) is 14.2. The van der Waals surface area contributed by atoms with Gasteiger partial charge in [0.05, 0.1) is 18.7 Å². The average molecular weight is 399 g/mol. The third-order valence-corrected chi connectivity index (χ3v) is 5.28. The Hall–Kier alpha value is -3.58. The molecule has 1 aliphatic rings. The first kappa shape index (κ1) is 18.4. The summed E-state index contributed by atoms with van der Waals surface area (Å²) in [5.74, 6) is 0.640. The predicted molar refractivity (Wildman–Crippen MR) is 116 cm³/mol. The van der Waals surface area contributed by atoms with Gasteiger partial charge in [0.15, 0.2) is 5.82 Å². The summed E-state index contributed by atoms with van der Waals surface area (Å²) in [6.45, 7) is 4.41. The van der Waals surface area contributed by atoms with Crippen molar-refractivity contribution >= 4 is 39.2 Å². The van der Waals surface area contributed by atoms with Crippen molar-refractivity contribution in [1.82, 2.24) is 19.9 Å². The number of aromatic nitrogens is 3. The quantitative estimate of drug-likeness (QED) is 0.529. The third kappa shape index (κ3) is 3.44. The number of aryl methyl sites for hydroxylation is 1. The van der Waals surface area contributed by atoms with Crippen LogP contribution in [0.2, 0.25) is 0 Å². The number of benzene rings is 2. The third-order valence-electron chi connectivity index (χ3n) is 5.28. The number of rotatable bonds is 3. The van der Waals surface area contributed by atoms with E-state index in [0.717, 1.165) is 33.1 Å². The molecule has 3 heterocycles. The molecule has 0 spiro atoms. The Morgan fingerprint density at radius 3 is 2.80 bits per heavy atom. The maximum absolute atomic E-state index is 12.9. The lowest BCUT2D eigenvalue weighted by molar-refractivity contribution is 0.0303. The molecule has 7 heteroatoms. The standard InChI is InChI=1S/C23H21N5O2/c1-15-3-2-4-17(11-15)26-22-21-19(13-24-14-25-21)18-6-5-16(12-20(18)27-22)23(29)28-7-9-30-10-8-28/h2-6,11-14H,7-10H2,1H3,(H,26,27). The summed E-state index contributed by atoms with van der Waals surface area (Å²) in [6, 6.07) is 13.7. The first-order valence-electron chi connectivity index (χ1n) is 9.93. The largest absolute Gasteiger partial charge is 0.378 e. The van der Waals surface area contributed by atoms with Gasteiger partial charge in [0, 0.05) is 41.3 Å². The lowest BCUT2D eigenvalue weighted by Gasteiger charge is -2.27. The number of pyridine rings is 1. The molecule has 0 aliphatic carbocycles. The van der Waals surface area contributed by atoms with E-state index >= 15 is 0 Å². The van der Waals surface area contributed by atoms with Crippen LogP contribution in [0.4, 0.5) is 11.5 Å². The van der Waals surface area contributed by atoms with Gasteiger partial charge in [0.1, 0.15) is 11.8 Å². The number of hydrogen-bond acceptors (Lipinski definition) is 6. The Labute approximate surface area is 173 Å². The molecule has 7 nitrogen and oxygen atoms in total. The van der Waals surface area contributed by atoms with Gasteiger partial charge in [0.2, 0.25) is 0 Å². The van der Waals surface area contributed by atoms with Gasteiger partial charge in [-0.1, -0.05) is 18.2 Å². The molecule has 1 amide bonds. The van der Waals surface area contributed by atoms with Crippen molar-refractivity contribution in [2.24, 2.45) is 0 Å². The Morgan fingerprint density at radius 1 is 1.10 bits per heavy atom. The number of fused-ring (bicyclic) bond motifs is 3. The summed E-state index contributed by atoms with van der Waals surface area (Å²) >= 11 is 0. The summed E-state index contributed by atoms with van der Waals surface area (Å²) in [4.78, 5) is 28.2. The van der Waals surface area contributed by atoms with Crippen LogP contribution in [0.1, 0.15) is 15.9 Å². The predicted octanol–water partition coefficient (Wildman–Crippen LogP) is 3.70. The molecular formula is C23H21N5O2. The van der Waals surface area contributed by atoms with Gasteiger partial charge in [-0.3, -0.25) is 4.79 Å². The fourth-order valence-corrected chi connectivity index (χ4v) is 3.77. The van der Waals surface area contributed by atoms with Gasteiger partial charge in [0.25, 0.3) is 5.91 Å². The number of anilines is 2. The van der Waals surface area contributed by atoms with E-state index in [4.69, 9.17) is 9.72 Å². The van der Waals surface area contributed by atoms with Crippen LogP contribution in [0, 0.1) is 6.92 Å². The molecule has 0 bridgehead atoms. The zero-order chi connectivity index (χ0) is 20.5. The van der Waals surface area contributed by atoms with E-state index in [1.54, 1.807) is 6.20 Å². The number of carbonyl (C=O) groups excluding carboxylic acids is 1. The van der Waals surface area contributed by atoms with Crippen molar-refractivity contribution in [2.75, 3.05) is 31.6 Å². The van der Waals surface area contributed by atoms with Crippen LogP contribution in [-0.4, -0.2) is 52.1 Å². The van der Waals surface area contributed by atoms with E-state index in [0.29, 0.717) is 37.7 Å². The van der Waals surface area contributed by atoms with Gasteiger partial charge in [-0.15, -0.1) is 0 Å². The summed E-state index contributed by atoms with van der Waals surface area (Å²) < 4.78 is 5.36. The first-order chi connectivity index (χ1) is 14.7. The summed E-state index contributed by atoms with van der Waals surface area (Å²) in [5, 5.41) is 5.19. The summed E-state index contributed by atoms with van der Waals surface area (Å²) in [6.07, 6.45) is 3.31. The smallest absolute Gasteiger partial charge is 0.254 e. The zero-order valence-corrected chi connectivity index (χ0v) is 16.6. The highest BCUT2D eigenvalue weighted by Gasteiger charge is 2.19. The molecule has 4 aromatic rings. The molecule has 2 aromatic carbocycles. The van der Waals surface area contributed by atoms with Gasteiger partial charge in [-0.2, -0.15) is 0 Å². The van der Waals surface area contributed by atoms with Crippen LogP contribution >= 0.6 is 0 Å². The van der Waals surface area contributed by atoms with Crippen molar-refractivity contribution in [3.05, 3.63) is 66.1 Å². The second kappa shape index (κ2) is 7.68. The van der Waals surface area contributed by atoms with Crippen molar-refractivity contribution in [3.63, 3.8) is 0 Å². The molecule has 0 atom stereocenters. The minimum absolute atomic E-state index is 0.000369. The molecule has 1 N–H and O–H groups in total. The Bertz CT molecular complexity index is 1250. The van der Waals surface area contributed by atoms with Gasteiger partial charge in [-0.25, -0.2) is 15.0 Å². The van der Waals surface area contributed by atoms with E-state index in [2.05, 4.69) is 21.4 Å². The number of amides is 1. The first-order valence-corrected chi connectivity index (χ1v) is 9.93. The van der Waals surface area contributed by atoms with E-state index in [-0.39, 0.29) is 5.91 Å². The number of morpholine rings is 1. The highest BCUT2D eigenvalue weighted by Crippen LogP contribution is 2.30. The molecular weight excluding hydrogens is 378 g/mol. The molecule has 1 saturated heterocycles. The van der Waals surface area contributed by atoms with E-state index < -0.39 is 0 Å². The van der Waals surface area contributed by atoms with Gasteiger partial charge in [-0.05, 0) is 36.8 Å². The number of carbonyl (C=O) groups is 1. The molecule has 0 saturated carbocycles. The number of nitrogens with zero attached hydrogens (tertiary/aromatic N) is 4. The van der Waals surface area contributed by atoms with Crippen molar-refractivity contribution in [1.29, 1.82) is 0 Å². The Balaban J connectivity index is 1.61.